The van der Waals surface area contributed by atoms with Gasteiger partial charge in [0.05, 0.1) is 16.4 Å². The highest BCUT2D eigenvalue weighted by Crippen LogP contribution is 2.53. The van der Waals surface area contributed by atoms with Crippen molar-refractivity contribution in [2.75, 3.05) is 4.81 Å². The maximum atomic E-state index is 7.24. The third-order valence-corrected chi connectivity index (χ3v) is 16.2. The van der Waals surface area contributed by atoms with Gasteiger partial charge in [-0.05, 0) is 116 Å². The van der Waals surface area contributed by atoms with Crippen LogP contribution in [0.4, 0.5) is 11.4 Å². The van der Waals surface area contributed by atoms with Crippen LogP contribution in [-0.2, 0) is 16.2 Å². The highest BCUT2D eigenvalue weighted by molar-refractivity contribution is 7.26. The highest BCUT2D eigenvalue weighted by atomic mass is 32.1. The summed E-state index contributed by atoms with van der Waals surface area (Å²) in [7, 11) is 0. The molecule has 66 heavy (non-hydrogen) atoms. The van der Waals surface area contributed by atoms with E-state index in [1.165, 1.54) is 91.9 Å². The lowest BCUT2D eigenvalue weighted by Crippen LogP contribution is -2.60. The molecule has 6 heterocycles. The van der Waals surface area contributed by atoms with Crippen molar-refractivity contribution in [3.05, 3.63) is 150 Å². The van der Waals surface area contributed by atoms with Crippen molar-refractivity contribution >= 4 is 126 Å². The van der Waals surface area contributed by atoms with Gasteiger partial charge in [0.25, 0.3) is 0 Å². The monoisotopic (exact) mass is 872 g/mol. The van der Waals surface area contributed by atoms with Crippen LogP contribution >= 0.6 is 11.3 Å². The maximum Gasteiger partial charge on any atom is 0.333 e. The van der Waals surface area contributed by atoms with Crippen molar-refractivity contribution in [1.82, 2.24) is 4.57 Å². The average molecular weight is 873 g/mol. The standard InChI is InChI=1S/C60H49BN2O2S/c1-58(2,3)32-18-22-35(23-19-32)63-45-29-39-38-26-34(60(7,8)9)21-25-48(38)64-49(39)30-42(45)52-53-37-15-10-12-16-47(37)65-57(53)54-41-27-33(59(4,5)6)20-24-44(41)62-46-31-51-40(36-14-11-13-17-50(36)66-51)28-43(46)61(63)55(52)56(54)62/h10-31H,1-9H3. The molecule has 0 spiro atoms. The lowest BCUT2D eigenvalue weighted by Gasteiger charge is -2.42. The van der Waals surface area contributed by atoms with Gasteiger partial charge in [-0.3, -0.25) is 0 Å². The summed E-state index contributed by atoms with van der Waals surface area (Å²) in [6.45, 7) is 20.5. The summed E-state index contributed by atoms with van der Waals surface area (Å²) in [5.41, 5.74) is 18.4. The Morgan fingerprint density at radius 1 is 0.485 bits per heavy atom. The largest absolute Gasteiger partial charge is 0.456 e. The van der Waals surface area contributed by atoms with Crippen LogP contribution < -0.4 is 15.7 Å². The zero-order valence-electron chi connectivity index (χ0n) is 38.9. The molecule has 0 fully saturated rings. The van der Waals surface area contributed by atoms with Crippen molar-refractivity contribution in [1.29, 1.82) is 0 Å². The predicted molar refractivity (Wildman–Crippen MR) is 283 cm³/mol. The van der Waals surface area contributed by atoms with Crippen LogP contribution in [0.3, 0.4) is 0 Å². The van der Waals surface area contributed by atoms with E-state index in [1.807, 2.05) is 11.3 Å². The molecule has 0 radical (unpaired) electrons. The van der Waals surface area contributed by atoms with Crippen molar-refractivity contribution < 1.29 is 8.83 Å². The molecule has 0 atom stereocenters. The van der Waals surface area contributed by atoms with E-state index in [2.05, 4.69) is 205 Å². The minimum Gasteiger partial charge on any atom is -0.456 e. The molecule has 4 aromatic heterocycles. The van der Waals surface area contributed by atoms with Crippen LogP contribution in [0.2, 0.25) is 0 Å². The average Bonchev–Trinajstić information content (AvgIpc) is 4.04. The quantitative estimate of drug-likeness (QED) is 0.154. The second-order valence-electron chi connectivity index (χ2n) is 22.1. The molecule has 0 bridgehead atoms. The molecule has 2 aliphatic rings. The number of hydrogen-bond acceptors (Lipinski definition) is 4. The molecular weight excluding hydrogens is 824 g/mol. The Kier molecular flexibility index (Phi) is 7.33. The summed E-state index contributed by atoms with van der Waals surface area (Å²) < 4.78 is 19.3. The number of rotatable bonds is 1. The number of nitrogens with zero attached hydrogens (tertiary/aromatic N) is 2. The number of furan rings is 2. The summed E-state index contributed by atoms with van der Waals surface area (Å²) >= 11 is 1.89. The first-order valence-electron chi connectivity index (χ1n) is 23.4. The Labute approximate surface area is 388 Å². The number of aromatic nitrogens is 1. The number of benzene rings is 8. The van der Waals surface area contributed by atoms with Crippen LogP contribution in [0, 0.1) is 0 Å². The van der Waals surface area contributed by atoms with E-state index in [9.17, 15) is 0 Å². The molecule has 0 unspecified atom stereocenters. The summed E-state index contributed by atoms with van der Waals surface area (Å²) in [5.74, 6) is 0. The first kappa shape index (κ1) is 38.5. The fraction of sp³-hybridized carbons (Fsp3) is 0.200. The van der Waals surface area contributed by atoms with Gasteiger partial charge in [-0.15, -0.1) is 11.3 Å². The van der Waals surface area contributed by atoms with Crippen molar-refractivity contribution in [2.24, 2.45) is 0 Å². The fourth-order valence-electron chi connectivity index (χ4n) is 11.6. The lowest BCUT2D eigenvalue weighted by atomic mass is 9.43. The third-order valence-electron chi connectivity index (χ3n) is 15.0. The number of fused-ring (bicyclic) bond motifs is 19. The van der Waals surface area contributed by atoms with E-state index in [0.29, 0.717) is 0 Å². The van der Waals surface area contributed by atoms with Gasteiger partial charge < -0.3 is 18.2 Å². The fourth-order valence-corrected chi connectivity index (χ4v) is 12.7. The molecule has 320 valence electrons. The van der Waals surface area contributed by atoms with Crippen molar-refractivity contribution in [3.63, 3.8) is 0 Å². The van der Waals surface area contributed by atoms with Crippen LogP contribution in [0.15, 0.2) is 142 Å². The SMILES string of the molecule is CC(C)(C)c1ccc(N2B3c4cc5c(cc4-n4c6ccc(C(C)(C)C)cc6c6c7oc8ccccc8c7c(c3c64)-c3cc4oc6ccc(C(C)(C)C)cc6c4cc32)sc2ccccc25)cc1. The molecule has 2 aliphatic heterocycles. The number of anilines is 2. The van der Waals surface area contributed by atoms with Crippen LogP contribution in [-0.4, -0.2) is 11.4 Å². The molecular formula is C60H49BN2O2S. The van der Waals surface area contributed by atoms with E-state index >= 15 is 0 Å². The Morgan fingerprint density at radius 2 is 1.14 bits per heavy atom. The van der Waals surface area contributed by atoms with Crippen molar-refractivity contribution in [3.8, 4) is 16.8 Å². The van der Waals surface area contributed by atoms with Gasteiger partial charge in [0.1, 0.15) is 22.3 Å². The lowest BCUT2D eigenvalue weighted by molar-refractivity contribution is 0.590. The molecule has 0 amide bonds. The van der Waals surface area contributed by atoms with E-state index in [-0.39, 0.29) is 23.1 Å². The predicted octanol–water partition coefficient (Wildman–Crippen LogP) is 16.1. The molecule has 6 heteroatoms. The van der Waals surface area contributed by atoms with Crippen molar-refractivity contribution in [2.45, 2.75) is 78.6 Å². The van der Waals surface area contributed by atoms with E-state index in [1.54, 1.807) is 0 Å². The topological polar surface area (TPSA) is 34.5 Å². The molecule has 0 saturated carbocycles. The van der Waals surface area contributed by atoms with Gasteiger partial charge in [-0.1, -0.05) is 129 Å². The van der Waals surface area contributed by atoms with Gasteiger partial charge in [0.2, 0.25) is 0 Å². The van der Waals surface area contributed by atoms with E-state index < -0.39 is 0 Å². The Morgan fingerprint density at radius 3 is 1.89 bits per heavy atom. The molecule has 12 aromatic rings. The summed E-state index contributed by atoms with van der Waals surface area (Å²) in [6, 6.07) is 50.8. The molecule has 4 nitrogen and oxygen atoms in total. The summed E-state index contributed by atoms with van der Waals surface area (Å²) in [5, 5.41) is 9.58. The van der Waals surface area contributed by atoms with Gasteiger partial charge in [0.15, 0.2) is 0 Å². The Balaban J connectivity index is 1.23. The first-order chi connectivity index (χ1) is 31.6. The second kappa shape index (κ2) is 12.6. The number of para-hydroxylation sites is 1. The Hall–Kier alpha value is -6.76. The van der Waals surface area contributed by atoms with E-state index in [4.69, 9.17) is 8.83 Å². The van der Waals surface area contributed by atoms with Crippen LogP contribution in [0.25, 0.3) is 103 Å². The first-order valence-corrected chi connectivity index (χ1v) is 24.3. The molecule has 14 rings (SSSR count). The van der Waals surface area contributed by atoms with Gasteiger partial charge >= 0.3 is 6.85 Å². The maximum absolute atomic E-state index is 7.24. The second-order valence-corrected chi connectivity index (χ2v) is 23.2. The molecule has 0 aliphatic carbocycles. The van der Waals surface area contributed by atoms with E-state index in [0.717, 1.165) is 49.7 Å². The summed E-state index contributed by atoms with van der Waals surface area (Å²) in [6.07, 6.45) is 0. The van der Waals surface area contributed by atoms with Gasteiger partial charge in [0, 0.05) is 69.7 Å². The van der Waals surface area contributed by atoms with Crippen LogP contribution in [0.5, 0.6) is 0 Å². The van der Waals surface area contributed by atoms with Gasteiger partial charge in [-0.25, -0.2) is 0 Å². The smallest absolute Gasteiger partial charge is 0.333 e. The zero-order chi connectivity index (χ0) is 44.9. The molecule has 0 N–H and O–H groups in total. The number of thiophene rings is 1. The minimum absolute atomic E-state index is 0.00751. The van der Waals surface area contributed by atoms with Crippen LogP contribution in [0.1, 0.15) is 79.0 Å². The molecule has 0 saturated heterocycles. The zero-order valence-corrected chi connectivity index (χ0v) is 39.7. The Bertz CT molecular complexity index is 4120. The summed E-state index contributed by atoms with van der Waals surface area (Å²) in [4.78, 5) is 2.67. The number of hydrogen-bond donors (Lipinski definition) is 0. The third kappa shape index (κ3) is 5.06. The highest BCUT2D eigenvalue weighted by Gasteiger charge is 2.46. The normalized spacial score (nSPS) is 14.1. The van der Waals surface area contributed by atoms with Gasteiger partial charge in [-0.2, -0.15) is 0 Å². The minimum atomic E-state index is -0.175. The molecule has 8 aromatic carbocycles.